The molecule has 14 heavy (non-hydrogen) atoms. The Labute approximate surface area is 84.8 Å². The van der Waals surface area contributed by atoms with Crippen LogP contribution in [0, 0.1) is 0 Å². The maximum atomic E-state index is 11.3. The molecule has 1 amide bonds. The third-order valence-electron chi connectivity index (χ3n) is 1.31. The molecular formula is C6H10N3O3PS. The van der Waals surface area contributed by atoms with Crippen LogP contribution >= 0.6 is 18.9 Å². The van der Waals surface area contributed by atoms with Gasteiger partial charge in [-0.1, -0.05) is 0 Å². The molecule has 1 heterocycles. The van der Waals surface area contributed by atoms with Crippen LogP contribution in [-0.4, -0.2) is 13.0 Å². The second kappa shape index (κ2) is 4.10. The van der Waals surface area contributed by atoms with Crippen molar-refractivity contribution in [2.24, 2.45) is 11.0 Å². The SMILES string of the molecule is COc1csc(C(=O)NP(N)(N)=O)c1. The van der Waals surface area contributed by atoms with Gasteiger partial charge in [0.1, 0.15) is 5.75 Å². The molecule has 0 fully saturated rings. The normalized spacial score (nSPS) is 11.1. The molecule has 0 atom stereocenters. The molecule has 5 N–H and O–H groups in total. The number of amides is 1. The molecule has 0 unspecified atom stereocenters. The summed E-state index contributed by atoms with van der Waals surface area (Å²) in [6.45, 7) is 0. The number of ether oxygens (including phenoxy) is 1. The third-order valence-corrected chi connectivity index (χ3v) is 2.77. The van der Waals surface area contributed by atoms with E-state index in [9.17, 15) is 9.36 Å². The van der Waals surface area contributed by atoms with Crippen LogP contribution in [0.15, 0.2) is 11.4 Å². The van der Waals surface area contributed by atoms with Gasteiger partial charge in [0.05, 0.1) is 12.0 Å². The van der Waals surface area contributed by atoms with Crippen LogP contribution in [0.1, 0.15) is 9.67 Å². The Bertz CT molecular complexity index is 385. The average Bonchev–Trinajstić information content (AvgIpc) is 2.48. The van der Waals surface area contributed by atoms with E-state index < -0.39 is 13.5 Å². The minimum absolute atomic E-state index is 0.345. The summed E-state index contributed by atoms with van der Waals surface area (Å²) in [5, 5.41) is 3.65. The van der Waals surface area contributed by atoms with Gasteiger partial charge < -0.3 is 4.74 Å². The number of nitrogens with two attached hydrogens (primary N) is 2. The van der Waals surface area contributed by atoms with Gasteiger partial charge >= 0.3 is 7.59 Å². The highest BCUT2D eigenvalue weighted by atomic mass is 32.1. The lowest BCUT2D eigenvalue weighted by Crippen LogP contribution is -2.27. The maximum absolute atomic E-state index is 11.3. The highest BCUT2D eigenvalue weighted by Crippen LogP contribution is 2.24. The molecule has 0 aromatic carbocycles. The molecule has 0 aliphatic rings. The zero-order valence-electron chi connectivity index (χ0n) is 7.39. The summed E-state index contributed by atoms with van der Waals surface area (Å²) in [4.78, 5) is 11.6. The number of hydrogen-bond donors (Lipinski definition) is 3. The molecule has 0 aliphatic carbocycles. The molecule has 1 aromatic rings. The molecule has 1 rings (SSSR count). The summed E-state index contributed by atoms with van der Waals surface area (Å²) in [5.74, 6) is -0.00402. The molecule has 0 bridgehead atoms. The van der Waals surface area contributed by atoms with E-state index in [1.54, 1.807) is 5.38 Å². The molecule has 0 saturated heterocycles. The summed E-state index contributed by atoms with van der Waals surface area (Å²) in [7, 11) is -2.03. The fraction of sp³-hybridized carbons (Fsp3) is 0.167. The Hall–Kier alpha value is -0.880. The first kappa shape index (κ1) is 11.2. The minimum atomic E-state index is -3.52. The van der Waals surface area contributed by atoms with E-state index >= 15 is 0 Å². The topological polar surface area (TPSA) is 107 Å². The third kappa shape index (κ3) is 3.12. The van der Waals surface area contributed by atoms with Gasteiger partial charge in [-0.2, -0.15) is 0 Å². The molecule has 1 aromatic heterocycles. The lowest BCUT2D eigenvalue weighted by atomic mass is 10.4. The highest BCUT2D eigenvalue weighted by molar-refractivity contribution is 7.57. The summed E-state index contributed by atoms with van der Waals surface area (Å²) in [5.41, 5.74) is 9.98. The van der Waals surface area contributed by atoms with Gasteiger partial charge in [0.2, 0.25) is 0 Å². The van der Waals surface area contributed by atoms with Gasteiger partial charge in [0.15, 0.2) is 0 Å². The number of thiophene rings is 1. The number of hydrogen-bond acceptors (Lipinski definition) is 4. The zero-order valence-corrected chi connectivity index (χ0v) is 9.10. The highest BCUT2D eigenvalue weighted by Gasteiger charge is 2.16. The van der Waals surface area contributed by atoms with Crippen LogP contribution in [0.25, 0.3) is 0 Å². The van der Waals surface area contributed by atoms with E-state index in [-0.39, 0.29) is 0 Å². The number of carbonyl (C=O) groups excluding carboxylic acids is 1. The Morgan fingerprint density at radius 2 is 2.29 bits per heavy atom. The predicted molar refractivity (Wildman–Crippen MR) is 54.3 cm³/mol. The van der Waals surface area contributed by atoms with Crippen molar-refractivity contribution in [3.05, 3.63) is 16.3 Å². The van der Waals surface area contributed by atoms with Crippen molar-refractivity contribution in [3.8, 4) is 5.75 Å². The predicted octanol–water partition coefficient (Wildman–Crippen LogP) is 0.512. The second-order valence-electron chi connectivity index (χ2n) is 2.50. The molecule has 0 saturated carbocycles. The Kier molecular flexibility index (Phi) is 3.28. The van der Waals surface area contributed by atoms with Crippen LogP contribution < -0.4 is 20.8 Å². The van der Waals surface area contributed by atoms with Gasteiger partial charge in [-0.25, -0.2) is 0 Å². The van der Waals surface area contributed by atoms with E-state index in [0.717, 1.165) is 11.3 Å². The summed E-state index contributed by atoms with van der Waals surface area (Å²) < 4.78 is 15.7. The summed E-state index contributed by atoms with van der Waals surface area (Å²) in [6, 6.07) is 1.51. The van der Waals surface area contributed by atoms with Gasteiger partial charge in [0.25, 0.3) is 5.91 Å². The average molecular weight is 235 g/mol. The molecule has 0 spiro atoms. The minimum Gasteiger partial charge on any atom is -0.496 e. The summed E-state index contributed by atoms with van der Waals surface area (Å²) >= 11 is 1.15. The number of carbonyl (C=O) groups is 1. The van der Waals surface area contributed by atoms with Crippen LogP contribution in [-0.2, 0) is 4.57 Å². The van der Waals surface area contributed by atoms with Crippen molar-refractivity contribution in [2.75, 3.05) is 7.11 Å². The first-order valence-corrected chi connectivity index (χ1v) is 6.27. The largest absolute Gasteiger partial charge is 0.496 e. The maximum Gasteiger partial charge on any atom is 0.300 e. The Morgan fingerprint density at radius 3 is 2.71 bits per heavy atom. The van der Waals surface area contributed by atoms with Crippen molar-refractivity contribution in [1.82, 2.24) is 5.09 Å². The Morgan fingerprint density at radius 1 is 1.64 bits per heavy atom. The Balaban J connectivity index is 2.75. The molecule has 78 valence electrons. The molecule has 0 radical (unpaired) electrons. The van der Waals surface area contributed by atoms with Crippen molar-refractivity contribution in [1.29, 1.82) is 0 Å². The van der Waals surface area contributed by atoms with Crippen LogP contribution in [0.4, 0.5) is 0 Å². The molecule has 0 aliphatic heterocycles. The van der Waals surface area contributed by atoms with Crippen molar-refractivity contribution in [2.45, 2.75) is 0 Å². The van der Waals surface area contributed by atoms with Crippen molar-refractivity contribution in [3.63, 3.8) is 0 Å². The molecule has 8 heteroatoms. The molecular weight excluding hydrogens is 225 g/mol. The van der Waals surface area contributed by atoms with E-state index in [1.165, 1.54) is 13.2 Å². The number of rotatable bonds is 3. The van der Waals surface area contributed by atoms with Crippen molar-refractivity contribution >= 4 is 24.8 Å². The fourth-order valence-electron chi connectivity index (χ4n) is 0.759. The van der Waals surface area contributed by atoms with Crippen molar-refractivity contribution < 1.29 is 14.1 Å². The first-order valence-electron chi connectivity index (χ1n) is 3.54. The van der Waals surface area contributed by atoms with Gasteiger partial charge in [-0.15, -0.1) is 11.3 Å². The van der Waals surface area contributed by atoms with Gasteiger partial charge in [-0.3, -0.25) is 25.5 Å². The number of methoxy groups -OCH3 is 1. The van der Waals surface area contributed by atoms with E-state index in [1.807, 2.05) is 5.09 Å². The molecule has 6 nitrogen and oxygen atoms in total. The van der Waals surface area contributed by atoms with Gasteiger partial charge in [-0.05, 0) is 0 Å². The van der Waals surface area contributed by atoms with Crippen LogP contribution in [0.5, 0.6) is 5.75 Å². The lowest BCUT2D eigenvalue weighted by molar-refractivity contribution is 0.0984. The van der Waals surface area contributed by atoms with E-state index in [2.05, 4.69) is 0 Å². The second-order valence-corrected chi connectivity index (χ2v) is 5.05. The van der Waals surface area contributed by atoms with Crippen LogP contribution in [0.2, 0.25) is 0 Å². The van der Waals surface area contributed by atoms with E-state index in [0.29, 0.717) is 10.6 Å². The summed E-state index contributed by atoms with van der Waals surface area (Å²) in [6.07, 6.45) is 0. The quantitative estimate of drug-likeness (QED) is 0.661. The smallest absolute Gasteiger partial charge is 0.300 e. The first-order chi connectivity index (χ1) is 6.42. The van der Waals surface area contributed by atoms with Gasteiger partial charge in [0, 0.05) is 11.4 Å². The zero-order chi connectivity index (χ0) is 10.8. The number of nitrogens with one attached hydrogen (secondary N) is 1. The fourth-order valence-corrected chi connectivity index (χ4v) is 2.02. The lowest BCUT2D eigenvalue weighted by Gasteiger charge is -2.06. The monoisotopic (exact) mass is 235 g/mol. The van der Waals surface area contributed by atoms with Crippen LogP contribution in [0.3, 0.4) is 0 Å². The standard InChI is InChI=1S/C6H10N3O3PS/c1-12-4-2-5(14-3-4)6(10)9-13(7,8)11/h2-3H,1H3,(H5,7,8,9,10,11). The van der Waals surface area contributed by atoms with E-state index in [4.69, 9.17) is 15.7 Å².